The predicted molar refractivity (Wildman–Crippen MR) is 76.9 cm³/mol. The van der Waals surface area contributed by atoms with Crippen LogP contribution >= 0.6 is 0 Å². The molecule has 1 aliphatic rings. The van der Waals surface area contributed by atoms with Gasteiger partial charge in [0.1, 0.15) is 12.4 Å². The number of rotatable bonds is 3. The summed E-state index contributed by atoms with van der Waals surface area (Å²) in [4.78, 5) is 13.3. The zero-order valence-corrected chi connectivity index (χ0v) is 12.3. The van der Waals surface area contributed by atoms with Gasteiger partial charge in [0.05, 0.1) is 6.54 Å². The topological polar surface area (TPSA) is 49.8 Å². The second-order valence-electron chi connectivity index (χ2n) is 5.38. The van der Waals surface area contributed by atoms with Crippen molar-refractivity contribution in [1.82, 2.24) is 4.90 Å². The standard InChI is InChI=1S/C16H16F3NO3/c1-2-10-23-13-6-4-12(5-7-13)14(21)20-9-3-8-15(22,11-20)16(17,18)19/h1,4-7,22H,3,8-11H2/t15-/m0/s1. The third-order valence-corrected chi connectivity index (χ3v) is 3.71. The molecule has 1 aromatic carbocycles. The first-order valence-electron chi connectivity index (χ1n) is 7.01. The van der Waals surface area contributed by atoms with E-state index in [0.717, 1.165) is 4.90 Å². The molecule has 23 heavy (non-hydrogen) atoms. The van der Waals surface area contributed by atoms with Gasteiger partial charge in [-0.2, -0.15) is 13.2 Å². The second kappa shape index (κ2) is 6.50. The summed E-state index contributed by atoms with van der Waals surface area (Å²) in [5, 5.41) is 9.76. The third-order valence-electron chi connectivity index (χ3n) is 3.71. The minimum atomic E-state index is -4.77. The summed E-state index contributed by atoms with van der Waals surface area (Å²) in [6.45, 7) is -0.505. The van der Waals surface area contributed by atoms with Gasteiger partial charge < -0.3 is 14.7 Å². The Bertz CT molecular complexity index is 606. The Morgan fingerprint density at radius 1 is 1.39 bits per heavy atom. The van der Waals surface area contributed by atoms with Crippen molar-refractivity contribution >= 4 is 5.91 Å². The van der Waals surface area contributed by atoms with Crippen LogP contribution in [-0.4, -0.2) is 47.4 Å². The van der Waals surface area contributed by atoms with E-state index in [1.807, 2.05) is 0 Å². The van der Waals surface area contributed by atoms with Crippen molar-refractivity contribution in [2.24, 2.45) is 0 Å². The Morgan fingerprint density at radius 3 is 2.61 bits per heavy atom. The Balaban J connectivity index is 2.09. The fourth-order valence-corrected chi connectivity index (χ4v) is 2.44. The molecule has 0 spiro atoms. The molecule has 2 rings (SSSR count). The molecule has 0 radical (unpaired) electrons. The van der Waals surface area contributed by atoms with E-state index in [4.69, 9.17) is 11.2 Å². The average molecular weight is 327 g/mol. The van der Waals surface area contributed by atoms with Gasteiger partial charge in [-0.15, -0.1) is 6.42 Å². The number of β-amino-alcohol motifs (C(OH)–C–C–N with tert-alkyl or cyclic N) is 1. The lowest BCUT2D eigenvalue weighted by molar-refractivity contribution is -0.271. The van der Waals surface area contributed by atoms with Gasteiger partial charge in [-0.3, -0.25) is 4.79 Å². The van der Waals surface area contributed by atoms with E-state index in [1.54, 1.807) is 0 Å². The SMILES string of the molecule is C#CCOc1ccc(C(=O)N2CCC[C@@](O)(C(F)(F)F)C2)cc1. The number of piperidine rings is 1. The fourth-order valence-electron chi connectivity index (χ4n) is 2.44. The van der Waals surface area contributed by atoms with E-state index in [1.165, 1.54) is 24.3 Å². The molecule has 1 N–H and O–H groups in total. The molecular weight excluding hydrogens is 311 g/mol. The monoisotopic (exact) mass is 327 g/mol. The molecule has 1 aromatic rings. The highest BCUT2D eigenvalue weighted by Crippen LogP contribution is 2.37. The molecule has 0 bridgehead atoms. The van der Waals surface area contributed by atoms with Crippen LogP contribution in [0.5, 0.6) is 5.75 Å². The van der Waals surface area contributed by atoms with Gasteiger partial charge in [-0.25, -0.2) is 0 Å². The van der Waals surface area contributed by atoms with Gasteiger partial charge in [0.2, 0.25) is 0 Å². The molecular formula is C16H16F3NO3. The first-order chi connectivity index (χ1) is 10.8. The van der Waals surface area contributed by atoms with Crippen LogP contribution in [-0.2, 0) is 0 Å². The van der Waals surface area contributed by atoms with E-state index in [2.05, 4.69) is 5.92 Å². The number of ether oxygens (including phenoxy) is 1. The molecule has 124 valence electrons. The van der Waals surface area contributed by atoms with Crippen molar-refractivity contribution in [3.63, 3.8) is 0 Å². The number of halogens is 3. The highest BCUT2D eigenvalue weighted by atomic mass is 19.4. The van der Waals surface area contributed by atoms with E-state index in [9.17, 15) is 23.1 Å². The molecule has 1 saturated heterocycles. The number of hydrogen-bond acceptors (Lipinski definition) is 3. The molecule has 1 amide bonds. The maximum absolute atomic E-state index is 12.9. The zero-order chi connectivity index (χ0) is 17.1. The molecule has 1 atom stereocenters. The first-order valence-corrected chi connectivity index (χ1v) is 7.01. The van der Waals surface area contributed by atoms with Crippen LogP contribution in [0.15, 0.2) is 24.3 Å². The number of terminal acetylenes is 1. The Morgan fingerprint density at radius 2 is 2.04 bits per heavy atom. The number of alkyl halides is 3. The van der Waals surface area contributed by atoms with Gasteiger partial charge in [0, 0.05) is 12.1 Å². The van der Waals surface area contributed by atoms with Crippen molar-refractivity contribution in [2.75, 3.05) is 19.7 Å². The number of carbonyl (C=O) groups excluding carboxylic acids is 1. The van der Waals surface area contributed by atoms with Crippen LogP contribution in [0.4, 0.5) is 13.2 Å². The predicted octanol–water partition coefficient (Wildman–Crippen LogP) is 2.23. The lowest BCUT2D eigenvalue weighted by atomic mass is 9.92. The summed E-state index contributed by atoms with van der Waals surface area (Å²) in [5.74, 6) is 2.20. The van der Waals surface area contributed by atoms with E-state index in [-0.39, 0.29) is 25.1 Å². The highest BCUT2D eigenvalue weighted by Gasteiger charge is 2.55. The van der Waals surface area contributed by atoms with Crippen LogP contribution in [0.2, 0.25) is 0 Å². The number of hydrogen-bond donors (Lipinski definition) is 1. The smallest absolute Gasteiger partial charge is 0.418 e. The largest absolute Gasteiger partial charge is 0.481 e. The van der Waals surface area contributed by atoms with Crippen LogP contribution in [0, 0.1) is 12.3 Å². The molecule has 0 aliphatic carbocycles. The van der Waals surface area contributed by atoms with E-state index in [0.29, 0.717) is 5.75 Å². The maximum Gasteiger partial charge on any atom is 0.418 e. The highest BCUT2D eigenvalue weighted by molar-refractivity contribution is 5.94. The Labute approximate surface area is 131 Å². The van der Waals surface area contributed by atoms with Gasteiger partial charge in [0.25, 0.3) is 5.91 Å². The third kappa shape index (κ3) is 3.77. The van der Waals surface area contributed by atoms with Crippen LogP contribution in [0.3, 0.4) is 0 Å². The van der Waals surface area contributed by atoms with Gasteiger partial charge in [0.15, 0.2) is 5.60 Å². The molecule has 1 fully saturated rings. The number of carbonyl (C=O) groups is 1. The minimum Gasteiger partial charge on any atom is -0.481 e. The van der Waals surface area contributed by atoms with Gasteiger partial charge in [-0.05, 0) is 37.1 Å². The minimum absolute atomic E-state index is 0.0814. The number of aliphatic hydroxyl groups is 1. The zero-order valence-electron chi connectivity index (χ0n) is 12.3. The number of likely N-dealkylation sites (tertiary alicyclic amines) is 1. The van der Waals surface area contributed by atoms with Crippen LogP contribution < -0.4 is 4.74 Å². The molecule has 0 aromatic heterocycles. The van der Waals surface area contributed by atoms with Crippen molar-refractivity contribution < 1.29 is 27.8 Å². The van der Waals surface area contributed by atoms with Crippen LogP contribution in [0.1, 0.15) is 23.2 Å². The molecule has 0 unspecified atom stereocenters. The summed E-state index contributed by atoms with van der Waals surface area (Å²) in [6.07, 6.45) is -0.0191. The van der Waals surface area contributed by atoms with Crippen molar-refractivity contribution in [3.05, 3.63) is 29.8 Å². The second-order valence-corrected chi connectivity index (χ2v) is 5.38. The molecule has 4 nitrogen and oxygen atoms in total. The molecule has 1 aliphatic heterocycles. The average Bonchev–Trinajstić information content (AvgIpc) is 2.52. The number of benzene rings is 1. The Kier molecular flexibility index (Phi) is 4.85. The summed E-state index contributed by atoms with van der Waals surface area (Å²) >= 11 is 0. The summed E-state index contributed by atoms with van der Waals surface area (Å²) in [5.41, 5.74) is -2.62. The van der Waals surface area contributed by atoms with Crippen molar-refractivity contribution in [2.45, 2.75) is 24.6 Å². The summed E-state index contributed by atoms with van der Waals surface area (Å²) in [7, 11) is 0. The molecule has 0 saturated carbocycles. The summed E-state index contributed by atoms with van der Waals surface area (Å²) < 4.78 is 43.9. The van der Waals surface area contributed by atoms with Crippen LogP contribution in [0.25, 0.3) is 0 Å². The quantitative estimate of drug-likeness (QED) is 0.866. The van der Waals surface area contributed by atoms with E-state index >= 15 is 0 Å². The number of amides is 1. The normalized spacial score (nSPS) is 21.6. The molecule has 7 heteroatoms. The fraction of sp³-hybridized carbons (Fsp3) is 0.438. The van der Waals surface area contributed by atoms with Gasteiger partial charge in [-0.1, -0.05) is 5.92 Å². The maximum atomic E-state index is 12.9. The first kappa shape index (κ1) is 17.2. The Hall–Kier alpha value is -2.20. The number of nitrogens with zero attached hydrogens (tertiary/aromatic N) is 1. The van der Waals surface area contributed by atoms with Gasteiger partial charge >= 0.3 is 6.18 Å². The van der Waals surface area contributed by atoms with Crippen molar-refractivity contribution in [1.29, 1.82) is 0 Å². The summed E-state index contributed by atoms with van der Waals surface area (Å²) in [6, 6.07) is 5.94. The molecule has 1 heterocycles. The van der Waals surface area contributed by atoms with Crippen molar-refractivity contribution in [3.8, 4) is 18.1 Å². The lowest BCUT2D eigenvalue weighted by Gasteiger charge is -2.40. The van der Waals surface area contributed by atoms with E-state index < -0.39 is 30.7 Å². The lowest BCUT2D eigenvalue weighted by Crippen LogP contribution is -2.58.